The van der Waals surface area contributed by atoms with Crippen molar-refractivity contribution in [1.82, 2.24) is 10.6 Å². The van der Waals surface area contributed by atoms with Gasteiger partial charge in [0.15, 0.2) is 11.8 Å². The molecule has 0 heterocycles. The number of carbonyl (C=O) groups is 2. The predicted molar refractivity (Wildman–Crippen MR) is 88.3 cm³/mol. The van der Waals surface area contributed by atoms with E-state index in [2.05, 4.69) is 16.0 Å². The molecule has 0 unspecified atom stereocenters. The van der Waals surface area contributed by atoms with Crippen molar-refractivity contribution in [1.29, 1.82) is 0 Å². The number of nitrogens with one attached hydrogen (secondary N) is 3. The summed E-state index contributed by atoms with van der Waals surface area (Å²) in [4.78, 5) is 22.1. The summed E-state index contributed by atoms with van der Waals surface area (Å²) in [6.07, 6.45) is -1.34. The number of anilines is 1. The number of rotatable bonds is 5. The second kappa shape index (κ2) is 8.49. The first-order chi connectivity index (χ1) is 10.6. The summed E-state index contributed by atoms with van der Waals surface area (Å²) in [5, 5.41) is 17.9. The molecule has 0 radical (unpaired) electrons. The average Bonchev–Trinajstić information content (AvgIpc) is 2.45. The second-order valence-corrected chi connectivity index (χ2v) is 6.88. The zero-order valence-corrected chi connectivity index (χ0v) is 14.3. The summed E-state index contributed by atoms with van der Waals surface area (Å²) in [6.45, 7) is -1.31. The summed E-state index contributed by atoms with van der Waals surface area (Å²) in [6, 6.07) is 5.80. The maximum absolute atomic E-state index is 12.3. The molecule has 0 fully saturated rings. The van der Waals surface area contributed by atoms with Gasteiger partial charge >= 0.3 is 0 Å². The Kier molecular flexibility index (Phi) is 7.27. The van der Waals surface area contributed by atoms with Gasteiger partial charge in [0.1, 0.15) is 6.17 Å². The first-order valence-electron chi connectivity index (χ1n) is 5.95. The maximum Gasteiger partial charge on any atom is 0.253 e. The number of thiocarbonyl (C=S) groups is 1. The van der Waals surface area contributed by atoms with Crippen LogP contribution in [0.15, 0.2) is 24.3 Å². The summed E-state index contributed by atoms with van der Waals surface area (Å²) in [5.41, 5.74) is -0.0141. The Morgan fingerprint density at radius 3 is 2.39 bits per heavy atom. The third-order valence-corrected chi connectivity index (χ3v) is 3.30. The topological polar surface area (TPSA) is 93.3 Å². The molecule has 0 aliphatic carbocycles. The number of para-hydroxylation sites is 1. The van der Waals surface area contributed by atoms with Crippen LogP contribution < -0.4 is 21.1 Å². The van der Waals surface area contributed by atoms with Crippen LogP contribution in [-0.2, 0) is 4.79 Å². The van der Waals surface area contributed by atoms with Crippen LogP contribution in [0.2, 0.25) is 0 Å². The van der Waals surface area contributed by atoms with Gasteiger partial charge in [0.05, 0.1) is 5.97 Å². The number of carboxylic acid groups (broad SMARTS) is 1. The van der Waals surface area contributed by atoms with E-state index in [0.29, 0.717) is 0 Å². The lowest BCUT2D eigenvalue weighted by atomic mass is 10.2. The normalized spacial score (nSPS) is 12.2. The molecule has 0 aromatic heterocycles. The molecule has 0 saturated heterocycles. The molecule has 0 aliphatic heterocycles. The number of carbonyl (C=O) groups excluding carboxylic acids is 2. The van der Waals surface area contributed by atoms with Crippen molar-refractivity contribution in [2.24, 2.45) is 0 Å². The largest absolute Gasteiger partial charge is 0.545 e. The summed E-state index contributed by atoms with van der Waals surface area (Å²) < 4.78 is 10.2. The van der Waals surface area contributed by atoms with Crippen molar-refractivity contribution in [2.75, 3.05) is 12.0 Å². The highest BCUT2D eigenvalue weighted by Crippen LogP contribution is 2.29. The fourth-order valence-electron chi connectivity index (χ4n) is 1.46. The number of benzene rings is 1. The lowest BCUT2D eigenvalue weighted by molar-refractivity contribution is -0.254. The van der Waals surface area contributed by atoms with Gasteiger partial charge in [-0.2, -0.15) is 0 Å². The Bertz CT molecular complexity index is 613. The molecule has 1 rings (SSSR count). The summed E-state index contributed by atoms with van der Waals surface area (Å²) >= 11 is 22.0. The number of halogens is 4. The number of alkyl halides is 4. The quantitative estimate of drug-likeness (QED) is 0.389. The van der Waals surface area contributed by atoms with E-state index in [1.165, 1.54) is 18.2 Å². The van der Waals surface area contributed by atoms with E-state index in [1.54, 1.807) is 6.07 Å². The van der Waals surface area contributed by atoms with Crippen LogP contribution in [0.3, 0.4) is 0 Å². The molecule has 0 saturated carbocycles. The highest BCUT2D eigenvalue weighted by molar-refractivity contribution is 7.80. The highest BCUT2D eigenvalue weighted by Gasteiger charge is 2.34. The Morgan fingerprint density at radius 1 is 1.26 bits per heavy atom. The number of hydrogen-bond donors (Lipinski definition) is 3. The summed E-state index contributed by atoms with van der Waals surface area (Å²) in [5.74, 6) is -2.44. The fraction of sp³-hybridized carbons (Fsp3) is 0.250. The zero-order valence-electron chi connectivity index (χ0n) is 11.2. The minimum Gasteiger partial charge on any atom is -0.545 e. The molecule has 11 heteroatoms. The van der Waals surface area contributed by atoms with Crippen LogP contribution in [0.4, 0.5) is 10.1 Å². The Morgan fingerprint density at radius 2 is 1.87 bits per heavy atom. The van der Waals surface area contributed by atoms with Gasteiger partial charge in [0.2, 0.25) is 3.79 Å². The van der Waals surface area contributed by atoms with E-state index >= 15 is 0 Å². The number of hydrogen-bond acceptors (Lipinski definition) is 4. The standard InChI is InChI=1S/C12H11Cl3FN3O3S/c13-12(14,15)10(18-8(20)5-16)19-11(23)17-7-4-2-1-3-6(7)9(21)22/h1-4,10H,5H2,(H,18,20)(H,21,22)(H2,17,19,23)/p-1/t10-/m0/s1. The first-order valence-corrected chi connectivity index (χ1v) is 7.49. The number of carboxylic acids is 1. The lowest BCUT2D eigenvalue weighted by Crippen LogP contribution is -2.56. The van der Waals surface area contributed by atoms with E-state index < -0.39 is 28.5 Å². The van der Waals surface area contributed by atoms with Gasteiger partial charge in [0.25, 0.3) is 5.91 Å². The molecule has 0 spiro atoms. The zero-order chi connectivity index (χ0) is 17.6. The van der Waals surface area contributed by atoms with E-state index in [9.17, 15) is 19.1 Å². The lowest BCUT2D eigenvalue weighted by Gasteiger charge is -2.27. The number of aromatic carboxylic acids is 1. The van der Waals surface area contributed by atoms with Gasteiger partial charge in [-0.3, -0.25) is 4.79 Å². The minimum absolute atomic E-state index is 0.130. The molecule has 0 aliphatic rings. The van der Waals surface area contributed by atoms with Gasteiger partial charge in [0, 0.05) is 11.3 Å². The molecule has 1 amide bonds. The Labute approximate surface area is 151 Å². The van der Waals surface area contributed by atoms with Crippen molar-refractivity contribution in [3.63, 3.8) is 0 Å². The van der Waals surface area contributed by atoms with Crippen molar-refractivity contribution in [3.8, 4) is 0 Å². The van der Waals surface area contributed by atoms with Gasteiger partial charge < -0.3 is 25.9 Å². The first kappa shape index (κ1) is 19.7. The summed E-state index contributed by atoms with van der Waals surface area (Å²) in [7, 11) is 0. The third-order valence-electron chi connectivity index (χ3n) is 2.42. The molecule has 1 atom stereocenters. The Balaban J connectivity index is 2.84. The van der Waals surface area contributed by atoms with E-state index in [4.69, 9.17) is 47.0 Å². The van der Waals surface area contributed by atoms with Crippen LogP contribution in [0, 0.1) is 0 Å². The molecule has 23 heavy (non-hydrogen) atoms. The van der Waals surface area contributed by atoms with Crippen LogP contribution in [0.5, 0.6) is 0 Å². The van der Waals surface area contributed by atoms with Crippen LogP contribution in [0.25, 0.3) is 0 Å². The van der Waals surface area contributed by atoms with Gasteiger partial charge in [-0.15, -0.1) is 0 Å². The minimum atomic E-state index is -2.04. The van der Waals surface area contributed by atoms with Gasteiger partial charge in [-0.1, -0.05) is 53.0 Å². The van der Waals surface area contributed by atoms with Gasteiger partial charge in [-0.25, -0.2) is 4.39 Å². The monoisotopic (exact) mass is 400 g/mol. The fourth-order valence-corrected chi connectivity index (χ4v) is 2.01. The molecule has 1 aromatic rings. The molecular formula is C12H10Cl3FN3O3S-. The molecular weight excluding hydrogens is 392 g/mol. The molecule has 126 valence electrons. The maximum atomic E-state index is 12.3. The van der Waals surface area contributed by atoms with Crippen molar-refractivity contribution in [2.45, 2.75) is 9.96 Å². The average molecular weight is 402 g/mol. The molecule has 0 bridgehead atoms. The van der Waals surface area contributed by atoms with Gasteiger partial charge in [-0.05, 0) is 18.3 Å². The molecule has 6 nitrogen and oxygen atoms in total. The van der Waals surface area contributed by atoms with E-state index in [0.717, 1.165) is 0 Å². The highest BCUT2D eigenvalue weighted by atomic mass is 35.6. The van der Waals surface area contributed by atoms with E-state index in [-0.39, 0.29) is 16.4 Å². The second-order valence-electron chi connectivity index (χ2n) is 4.11. The van der Waals surface area contributed by atoms with Crippen molar-refractivity contribution >= 4 is 69.7 Å². The van der Waals surface area contributed by atoms with Crippen LogP contribution in [-0.4, -0.2) is 33.6 Å². The van der Waals surface area contributed by atoms with Crippen molar-refractivity contribution < 1.29 is 19.1 Å². The van der Waals surface area contributed by atoms with E-state index in [1.807, 2.05) is 0 Å². The Hall–Kier alpha value is -1.35. The third kappa shape index (κ3) is 6.34. The molecule has 1 aromatic carbocycles. The van der Waals surface area contributed by atoms with Crippen LogP contribution >= 0.6 is 47.0 Å². The smallest absolute Gasteiger partial charge is 0.253 e. The predicted octanol–water partition coefficient (Wildman–Crippen LogP) is 1.12. The molecule has 3 N–H and O–H groups in total. The van der Waals surface area contributed by atoms with Crippen molar-refractivity contribution in [3.05, 3.63) is 29.8 Å². The van der Waals surface area contributed by atoms with Crippen LogP contribution in [0.1, 0.15) is 10.4 Å². The number of amides is 1. The SMILES string of the molecule is O=C(CF)N[C@@H](NC(=S)Nc1ccccc1C(=O)[O-])C(Cl)(Cl)Cl.